The molecule has 92 valence electrons. The number of carbonyl (C=O) groups excluding carboxylic acids is 1. The first-order chi connectivity index (χ1) is 6.39. The van der Waals surface area contributed by atoms with Gasteiger partial charge in [-0.2, -0.15) is 8.42 Å². The molecule has 8 heteroatoms. The quantitative estimate of drug-likeness (QED) is 0.513. The van der Waals surface area contributed by atoms with Gasteiger partial charge in [0.15, 0.2) is 0 Å². The molecule has 0 rings (SSSR count). The van der Waals surface area contributed by atoms with Crippen molar-refractivity contribution in [3.8, 4) is 0 Å². The van der Waals surface area contributed by atoms with Crippen LogP contribution in [0.2, 0.25) is 0 Å². The van der Waals surface area contributed by atoms with Crippen LogP contribution in [0.5, 0.6) is 0 Å². The van der Waals surface area contributed by atoms with E-state index in [9.17, 15) is 13.2 Å². The van der Waals surface area contributed by atoms with Crippen molar-refractivity contribution in [2.75, 3.05) is 12.3 Å². The Morgan fingerprint density at radius 3 is 2.40 bits per heavy atom. The fraction of sp³-hybridized carbons (Fsp3) is 0.857. The minimum Gasteiger partial charge on any atom is -0.460 e. The van der Waals surface area contributed by atoms with Crippen LogP contribution in [-0.4, -0.2) is 37.3 Å². The van der Waals surface area contributed by atoms with E-state index in [4.69, 9.17) is 15.0 Å². The summed E-state index contributed by atoms with van der Waals surface area (Å²) in [6, 6.07) is 0. The number of hydrogen-bond acceptors (Lipinski definition) is 5. The van der Waals surface area contributed by atoms with Gasteiger partial charge < -0.3 is 10.5 Å². The van der Waals surface area contributed by atoms with Crippen molar-refractivity contribution in [2.45, 2.75) is 25.9 Å². The van der Waals surface area contributed by atoms with Crippen molar-refractivity contribution in [1.82, 2.24) is 0 Å². The molecule has 0 heterocycles. The van der Waals surface area contributed by atoms with Gasteiger partial charge >= 0.3 is 5.97 Å². The number of esters is 1. The minimum absolute atomic E-state index is 0. The van der Waals surface area contributed by atoms with E-state index in [1.165, 1.54) is 0 Å². The fourth-order valence-corrected chi connectivity index (χ4v) is 1.51. The number of halogens is 1. The van der Waals surface area contributed by atoms with E-state index in [1.807, 2.05) is 0 Å². The first kappa shape index (κ1) is 17.0. The van der Waals surface area contributed by atoms with Gasteiger partial charge in [-0.1, -0.05) is 6.92 Å². The van der Waals surface area contributed by atoms with E-state index in [2.05, 4.69) is 0 Å². The molecule has 0 radical (unpaired) electrons. The summed E-state index contributed by atoms with van der Waals surface area (Å²) in [7, 11) is -4.15. The molecule has 1 unspecified atom stereocenters. The molecule has 0 aliphatic heterocycles. The van der Waals surface area contributed by atoms with Crippen molar-refractivity contribution in [2.24, 2.45) is 5.73 Å². The predicted molar refractivity (Wildman–Crippen MR) is 57.5 cm³/mol. The third-order valence-corrected chi connectivity index (χ3v) is 2.20. The number of rotatable bonds is 6. The summed E-state index contributed by atoms with van der Waals surface area (Å²) < 4.78 is 34.1. The maximum atomic E-state index is 10.9. The first-order valence-electron chi connectivity index (χ1n) is 4.23. The average Bonchev–Trinajstić information content (AvgIpc) is 2.01. The summed E-state index contributed by atoms with van der Waals surface area (Å²) in [5, 5.41) is 0. The number of ether oxygens (including phenoxy) is 1. The second kappa shape index (κ2) is 7.86. The third kappa shape index (κ3) is 9.92. The van der Waals surface area contributed by atoms with Gasteiger partial charge in [-0.3, -0.25) is 9.35 Å². The Bertz CT molecular complexity index is 279. The van der Waals surface area contributed by atoms with Crippen LogP contribution in [0.15, 0.2) is 0 Å². The molecular weight excluding hydrogens is 246 g/mol. The maximum absolute atomic E-state index is 10.9. The van der Waals surface area contributed by atoms with Crippen LogP contribution in [0, 0.1) is 0 Å². The standard InChI is InChI=1S/C7H15NO5S.ClH/c1-2-3-7(9)13-6(4-8)5-14(10,11)12;/h6H,2-5,8H2,1H3,(H,10,11,12);1H. The van der Waals surface area contributed by atoms with Crippen LogP contribution in [0.4, 0.5) is 0 Å². The van der Waals surface area contributed by atoms with Gasteiger partial charge in [-0.25, -0.2) is 0 Å². The molecule has 0 fully saturated rings. The van der Waals surface area contributed by atoms with Crippen LogP contribution in [0.3, 0.4) is 0 Å². The zero-order valence-electron chi connectivity index (χ0n) is 8.38. The third-order valence-electron chi connectivity index (χ3n) is 1.41. The van der Waals surface area contributed by atoms with Crippen molar-refractivity contribution < 1.29 is 22.5 Å². The normalized spacial score (nSPS) is 12.7. The van der Waals surface area contributed by atoms with Crippen LogP contribution >= 0.6 is 12.4 Å². The molecule has 15 heavy (non-hydrogen) atoms. The van der Waals surface area contributed by atoms with Crippen molar-refractivity contribution >= 4 is 28.5 Å². The molecule has 0 aromatic rings. The van der Waals surface area contributed by atoms with Crippen LogP contribution in [0.25, 0.3) is 0 Å². The molecule has 1 atom stereocenters. The van der Waals surface area contributed by atoms with Gasteiger partial charge in [0, 0.05) is 13.0 Å². The Morgan fingerprint density at radius 1 is 1.53 bits per heavy atom. The molecule has 6 nitrogen and oxygen atoms in total. The molecule has 3 N–H and O–H groups in total. The highest BCUT2D eigenvalue weighted by atomic mass is 35.5. The van der Waals surface area contributed by atoms with E-state index >= 15 is 0 Å². The molecule has 0 saturated heterocycles. The lowest BCUT2D eigenvalue weighted by Gasteiger charge is -2.13. The van der Waals surface area contributed by atoms with E-state index < -0.39 is 27.9 Å². The lowest BCUT2D eigenvalue weighted by Crippen LogP contribution is -2.33. The molecule has 0 aliphatic rings. The van der Waals surface area contributed by atoms with E-state index in [1.54, 1.807) is 6.92 Å². The Hall–Kier alpha value is -0.370. The molecule has 0 aromatic heterocycles. The average molecular weight is 262 g/mol. The molecule has 0 aromatic carbocycles. The largest absolute Gasteiger partial charge is 0.460 e. The second-order valence-electron chi connectivity index (χ2n) is 2.85. The lowest BCUT2D eigenvalue weighted by molar-refractivity contribution is -0.147. The van der Waals surface area contributed by atoms with Gasteiger partial charge in [0.1, 0.15) is 11.9 Å². The molecule has 0 spiro atoms. The van der Waals surface area contributed by atoms with Gasteiger partial charge in [0.25, 0.3) is 10.1 Å². The number of hydrogen-bond donors (Lipinski definition) is 2. The van der Waals surface area contributed by atoms with Gasteiger partial charge in [0.05, 0.1) is 0 Å². The van der Waals surface area contributed by atoms with Crippen molar-refractivity contribution in [3.63, 3.8) is 0 Å². The van der Waals surface area contributed by atoms with Crippen molar-refractivity contribution in [1.29, 1.82) is 0 Å². The summed E-state index contributed by atoms with van der Waals surface area (Å²) in [4.78, 5) is 10.9. The summed E-state index contributed by atoms with van der Waals surface area (Å²) in [5.74, 6) is -1.16. The topological polar surface area (TPSA) is 107 Å². The van der Waals surface area contributed by atoms with Crippen molar-refractivity contribution in [3.05, 3.63) is 0 Å². The van der Waals surface area contributed by atoms with E-state index in [0.717, 1.165) is 0 Å². The summed E-state index contributed by atoms with van der Waals surface area (Å²) in [6.07, 6.45) is -0.145. The Morgan fingerprint density at radius 2 is 2.07 bits per heavy atom. The smallest absolute Gasteiger partial charge is 0.306 e. The zero-order chi connectivity index (χ0) is 11.2. The molecule has 0 saturated carbocycles. The molecule has 0 aliphatic carbocycles. The molecule has 0 bridgehead atoms. The lowest BCUT2D eigenvalue weighted by atomic mass is 10.3. The van der Waals surface area contributed by atoms with E-state index in [-0.39, 0.29) is 25.4 Å². The van der Waals surface area contributed by atoms with E-state index in [0.29, 0.717) is 6.42 Å². The number of carbonyl (C=O) groups is 1. The highest BCUT2D eigenvalue weighted by molar-refractivity contribution is 7.85. The zero-order valence-corrected chi connectivity index (χ0v) is 10.0. The predicted octanol–water partition coefficient (Wildman–Crippen LogP) is -0.0334. The minimum atomic E-state index is -4.15. The first-order valence-corrected chi connectivity index (χ1v) is 5.84. The SMILES string of the molecule is CCCC(=O)OC(CN)CS(=O)(=O)O.Cl. The highest BCUT2D eigenvalue weighted by Gasteiger charge is 2.19. The highest BCUT2D eigenvalue weighted by Crippen LogP contribution is 1.99. The van der Waals surface area contributed by atoms with Gasteiger partial charge in [-0.15, -0.1) is 12.4 Å². The van der Waals surface area contributed by atoms with Gasteiger partial charge in [0.2, 0.25) is 0 Å². The summed E-state index contributed by atoms with van der Waals surface area (Å²) in [6.45, 7) is 1.66. The molecule has 0 amide bonds. The van der Waals surface area contributed by atoms with Crippen LogP contribution in [0.1, 0.15) is 19.8 Å². The molecular formula is C7H16ClNO5S. The van der Waals surface area contributed by atoms with Crippen LogP contribution in [-0.2, 0) is 19.6 Å². The fourth-order valence-electron chi connectivity index (χ4n) is 0.834. The summed E-state index contributed by atoms with van der Waals surface area (Å²) in [5.41, 5.74) is 5.17. The number of nitrogens with two attached hydrogens (primary N) is 1. The monoisotopic (exact) mass is 261 g/mol. The van der Waals surface area contributed by atoms with Crippen LogP contribution < -0.4 is 5.73 Å². The Labute approximate surface area is 95.3 Å². The van der Waals surface area contributed by atoms with Gasteiger partial charge in [-0.05, 0) is 6.42 Å². The summed E-state index contributed by atoms with van der Waals surface area (Å²) >= 11 is 0. The maximum Gasteiger partial charge on any atom is 0.306 e. The Kier molecular flexibility index (Phi) is 8.93. The second-order valence-corrected chi connectivity index (χ2v) is 4.34. The Balaban J connectivity index is 0.